The summed E-state index contributed by atoms with van der Waals surface area (Å²) >= 11 is 0. The molecule has 0 saturated heterocycles. The second kappa shape index (κ2) is 8.51. The maximum Gasteiger partial charge on any atom is 0.294 e. The van der Waals surface area contributed by atoms with Crippen molar-refractivity contribution in [3.63, 3.8) is 0 Å². The van der Waals surface area contributed by atoms with Gasteiger partial charge in [0.1, 0.15) is 0 Å². The van der Waals surface area contributed by atoms with E-state index >= 15 is 0 Å². The number of benzene rings is 2. The standard InChI is InChI=1S/C23H24N4O4/c1-14-7-10-18(19(11-14)30-3)31-20-13-24-27(2)23(29)21(20)25-17-6-4-5-15(12-17)22(28)26-16-8-9-16/h4-7,10-13,16,25H,8-9H2,1-3H3,(H,26,28). The molecule has 1 saturated carbocycles. The summed E-state index contributed by atoms with van der Waals surface area (Å²) in [6.07, 6.45) is 3.49. The molecule has 1 fully saturated rings. The molecular weight excluding hydrogens is 396 g/mol. The molecule has 1 amide bonds. The van der Waals surface area contributed by atoms with Gasteiger partial charge in [0.25, 0.3) is 11.5 Å². The van der Waals surface area contributed by atoms with Crippen molar-refractivity contribution in [3.05, 3.63) is 70.1 Å². The fourth-order valence-electron chi connectivity index (χ4n) is 3.07. The zero-order valence-electron chi connectivity index (χ0n) is 17.6. The largest absolute Gasteiger partial charge is 0.493 e. The molecule has 160 valence electrons. The van der Waals surface area contributed by atoms with Crippen molar-refractivity contribution in [3.8, 4) is 17.2 Å². The molecule has 1 aromatic heterocycles. The first-order valence-electron chi connectivity index (χ1n) is 10.0. The van der Waals surface area contributed by atoms with Gasteiger partial charge < -0.3 is 20.1 Å². The molecule has 4 rings (SSSR count). The summed E-state index contributed by atoms with van der Waals surface area (Å²) in [7, 11) is 3.12. The highest BCUT2D eigenvalue weighted by Gasteiger charge is 2.24. The predicted molar refractivity (Wildman–Crippen MR) is 117 cm³/mol. The van der Waals surface area contributed by atoms with Gasteiger partial charge in [-0.25, -0.2) is 4.68 Å². The number of hydrogen-bond donors (Lipinski definition) is 2. The Morgan fingerprint density at radius 3 is 2.68 bits per heavy atom. The van der Waals surface area contributed by atoms with Crippen LogP contribution in [-0.4, -0.2) is 28.8 Å². The topological polar surface area (TPSA) is 94.5 Å². The molecule has 1 aliphatic carbocycles. The van der Waals surface area contributed by atoms with E-state index in [2.05, 4.69) is 15.7 Å². The van der Waals surface area contributed by atoms with Gasteiger partial charge in [-0.2, -0.15) is 5.10 Å². The number of carbonyl (C=O) groups is 1. The number of aryl methyl sites for hydroxylation is 2. The van der Waals surface area contributed by atoms with Crippen molar-refractivity contribution >= 4 is 17.3 Å². The lowest BCUT2D eigenvalue weighted by molar-refractivity contribution is 0.0951. The lowest BCUT2D eigenvalue weighted by Gasteiger charge is -2.15. The first-order valence-corrected chi connectivity index (χ1v) is 10.0. The van der Waals surface area contributed by atoms with E-state index in [0.717, 1.165) is 18.4 Å². The first kappa shape index (κ1) is 20.5. The maximum atomic E-state index is 12.8. The molecule has 8 nitrogen and oxygen atoms in total. The minimum atomic E-state index is -0.364. The Labute approximate surface area is 179 Å². The van der Waals surface area contributed by atoms with Crippen LogP contribution in [0.2, 0.25) is 0 Å². The van der Waals surface area contributed by atoms with Crippen LogP contribution in [0, 0.1) is 6.92 Å². The van der Waals surface area contributed by atoms with Crippen LogP contribution in [0.5, 0.6) is 17.2 Å². The third-order valence-corrected chi connectivity index (χ3v) is 4.95. The number of carbonyl (C=O) groups excluding carboxylic acids is 1. The van der Waals surface area contributed by atoms with Gasteiger partial charge in [-0.1, -0.05) is 12.1 Å². The SMILES string of the molecule is COc1cc(C)ccc1Oc1cnn(C)c(=O)c1Nc1cccc(C(=O)NC2CC2)c1. The van der Waals surface area contributed by atoms with Crippen LogP contribution in [0.1, 0.15) is 28.8 Å². The van der Waals surface area contributed by atoms with Gasteiger partial charge >= 0.3 is 0 Å². The van der Waals surface area contributed by atoms with Crippen molar-refractivity contribution < 1.29 is 14.3 Å². The van der Waals surface area contributed by atoms with Gasteiger partial charge in [0.15, 0.2) is 22.9 Å². The second-order valence-corrected chi connectivity index (χ2v) is 7.52. The highest BCUT2D eigenvalue weighted by molar-refractivity contribution is 5.95. The number of aromatic nitrogens is 2. The molecule has 0 radical (unpaired) electrons. The number of anilines is 2. The summed E-state index contributed by atoms with van der Waals surface area (Å²) in [5, 5.41) is 10.1. The molecule has 3 aromatic rings. The highest BCUT2D eigenvalue weighted by Crippen LogP contribution is 2.35. The summed E-state index contributed by atoms with van der Waals surface area (Å²) in [6, 6.07) is 12.8. The smallest absolute Gasteiger partial charge is 0.294 e. The highest BCUT2D eigenvalue weighted by atomic mass is 16.5. The van der Waals surface area contributed by atoms with Gasteiger partial charge in [-0.15, -0.1) is 0 Å². The van der Waals surface area contributed by atoms with E-state index in [1.807, 2.05) is 19.1 Å². The minimum absolute atomic E-state index is 0.130. The number of hydrogen-bond acceptors (Lipinski definition) is 6. The van der Waals surface area contributed by atoms with Crippen LogP contribution in [0.3, 0.4) is 0 Å². The molecule has 0 spiro atoms. The van der Waals surface area contributed by atoms with E-state index < -0.39 is 0 Å². The van der Waals surface area contributed by atoms with E-state index in [9.17, 15) is 9.59 Å². The molecule has 2 N–H and O–H groups in total. The van der Waals surface area contributed by atoms with Crippen molar-refractivity contribution in [1.82, 2.24) is 15.1 Å². The average Bonchev–Trinajstić information content (AvgIpc) is 3.58. The minimum Gasteiger partial charge on any atom is -0.493 e. The number of rotatable bonds is 7. The van der Waals surface area contributed by atoms with Gasteiger partial charge in [-0.05, 0) is 55.7 Å². The molecular formula is C23H24N4O4. The summed E-state index contributed by atoms with van der Waals surface area (Å²) in [6.45, 7) is 1.95. The van der Waals surface area contributed by atoms with Gasteiger partial charge in [0, 0.05) is 24.3 Å². The van der Waals surface area contributed by atoms with Crippen molar-refractivity contribution in [2.75, 3.05) is 12.4 Å². The van der Waals surface area contributed by atoms with Crippen LogP contribution in [0.25, 0.3) is 0 Å². The van der Waals surface area contributed by atoms with Crippen molar-refractivity contribution in [2.45, 2.75) is 25.8 Å². The number of amides is 1. The third kappa shape index (κ3) is 4.69. The Bertz CT molecular complexity index is 1180. The summed E-state index contributed by atoms with van der Waals surface area (Å²) in [5.41, 5.74) is 1.97. The molecule has 31 heavy (non-hydrogen) atoms. The van der Waals surface area contributed by atoms with Gasteiger partial charge in [0.05, 0.1) is 13.3 Å². The number of ether oxygens (including phenoxy) is 2. The summed E-state index contributed by atoms with van der Waals surface area (Å²) in [4.78, 5) is 25.2. The lowest BCUT2D eigenvalue weighted by atomic mass is 10.2. The molecule has 0 atom stereocenters. The second-order valence-electron chi connectivity index (χ2n) is 7.52. The lowest BCUT2D eigenvalue weighted by Crippen LogP contribution is -2.25. The average molecular weight is 420 g/mol. The third-order valence-electron chi connectivity index (χ3n) is 4.95. The number of nitrogens with one attached hydrogen (secondary N) is 2. The van der Waals surface area contributed by atoms with Gasteiger partial charge in [0.2, 0.25) is 0 Å². The number of methoxy groups -OCH3 is 1. The maximum absolute atomic E-state index is 12.8. The van der Waals surface area contributed by atoms with Crippen LogP contribution in [0.4, 0.5) is 11.4 Å². The normalized spacial score (nSPS) is 12.9. The Morgan fingerprint density at radius 1 is 1.13 bits per heavy atom. The van der Waals surface area contributed by atoms with E-state index in [-0.39, 0.29) is 28.9 Å². The fraction of sp³-hybridized carbons (Fsp3) is 0.261. The molecule has 8 heteroatoms. The van der Waals surface area contributed by atoms with Gasteiger partial charge in [-0.3, -0.25) is 9.59 Å². The monoisotopic (exact) mass is 420 g/mol. The zero-order valence-corrected chi connectivity index (χ0v) is 17.6. The van der Waals surface area contributed by atoms with Crippen LogP contribution in [-0.2, 0) is 7.05 Å². The Balaban J connectivity index is 1.65. The van der Waals surface area contributed by atoms with Crippen LogP contribution >= 0.6 is 0 Å². The van der Waals surface area contributed by atoms with Crippen molar-refractivity contribution in [1.29, 1.82) is 0 Å². The van der Waals surface area contributed by atoms with Crippen molar-refractivity contribution in [2.24, 2.45) is 7.05 Å². The Hall–Kier alpha value is -3.81. The summed E-state index contributed by atoms with van der Waals surface area (Å²) in [5.74, 6) is 1.13. The predicted octanol–water partition coefficient (Wildman–Crippen LogP) is 3.53. The Morgan fingerprint density at radius 2 is 1.94 bits per heavy atom. The quantitative estimate of drug-likeness (QED) is 0.607. The zero-order chi connectivity index (χ0) is 22.0. The van der Waals surface area contributed by atoms with E-state index in [1.54, 1.807) is 44.5 Å². The van der Waals surface area contributed by atoms with E-state index in [0.29, 0.717) is 22.7 Å². The molecule has 0 bridgehead atoms. The molecule has 1 heterocycles. The van der Waals surface area contributed by atoms with E-state index in [1.165, 1.54) is 10.9 Å². The van der Waals surface area contributed by atoms with Crippen LogP contribution in [0.15, 0.2) is 53.5 Å². The van der Waals surface area contributed by atoms with E-state index in [4.69, 9.17) is 9.47 Å². The first-order chi connectivity index (χ1) is 14.9. The molecule has 2 aromatic carbocycles. The van der Waals surface area contributed by atoms with Crippen LogP contribution < -0.4 is 25.7 Å². The molecule has 0 aliphatic heterocycles. The molecule has 1 aliphatic rings. The fourth-order valence-corrected chi connectivity index (χ4v) is 3.07. The summed E-state index contributed by atoms with van der Waals surface area (Å²) < 4.78 is 12.6. The Kier molecular flexibility index (Phi) is 5.62. The molecule has 0 unspecified atom stereocenters. The number of nitrogens with zero attached hydrogens (tertiary/aromatic N) is 2.